The normalized spacial score (nSPS) is 18.6. The molecule has 1 nitrogen and oxygen atoms in total. The maximum Gasteiger partial charge on any atom is 0.128 e. The molecular formula is C18H20FNS. The Hall–Kier alpha value is -1.32. The lowest BCUT2D eigenvalue weighted by Gasteiger charge is -2.26. The molecular weight excluding hydrogens is 281 g/mol. The van der Waals surface area contributed by atoms with Crippen LogP contribution in [-0.2, 0) is 0 Å². The Labute approximate surface area is 130 Å². The molecule has 0 amide bonds. The molecule has 1 heterocycles. The number of benzene rings is 2. The van der Waals surface area contributed by atoms with E-state index in [0.717, 1.165) is 22.4 Å². The number of halogens is 1. The zero-order valence-electron chi connectivity index (χ0n) is 12.6. The van der Waals surface area contributed by atoms with Gasteiger partial charge in [0.15, 0.2) is 0 Å². The standard InChI is InChI=1S/C18H20FNS/c1-11-8-12(2)17(15(19)9-11)18(20-3)14-10-21-16-7-5-4-6-13(14)16/h4-9,14,18,20H,10H2,1-3H3. The third-order valence-corrected chi connectivity index (χ3v) is 5.45. The monoisotopic (exact) mass is 301 g/mol. The van der Waals surface area contributed by atoms with Crippen molar-refractivity contribution in [3.63, 3.8) is 0 Å². The van der Waals surface area contributed by atoms with E-state index >= 15 is 0 Å². The number of thioether (sulfide) groups is 1. The SMILES string of the molecule is CNC(c1c(C)cc(C)cc1F)C1CSc2ccccc21. The number of nitrogens with one attached hydrogen (secondary N) is 1. The summed E-state index contributed by atoms with van der Waals surface area (Å²) in [4.78, 5) is 1.33. The van der Waals surface area contributed by atoms with Crippen molar-refractivity contribution in [2.45, 2.75) is 30.7 Å². The second-order valence-electron chi connectivity index (χ2n) is 5.70. The van der Waals surface area contributed by atoms with Gasteiger partial charge in [0.1, 0.15) is 5.82 Å². The van der Waals surface area contributed by atoms with Crippen molar-refractivity contribution in [2.24, 2.45) is 0 Å². The highest BCUT2D eigenvalue weighted by Crippen LogP contribution is 2.46. The van der Waals surface area contributed by atoms with Gasteiger partial charge in [-0.15, -0.1) is 11.8 Å². The quantitative estimate of drug-likeness (QED) is 0.889. The summed E-state index contributed by atoms with van der Waals surface area (Å²) < 4.78 is 14.5. The second-order valence-corrected chi connectivity index (χ2v) is 6.76. The summed E-state index contributed by atoms with van der Waals surface area (Å²) in [7, 11) is 1.93. The van der Waals surface area contributed by atoms with Gasteiger partial charge >= 0.3 is 0 Å². The number of hydrogen-bond donors (Lipinski definition) is 1. The van der Waals surface area contributed by atoms with E-state index in [2.05, 4.69) is 35.6 Å². The van der Waals surface area contributed by atoms with Crippen LogP contribution in [0.15, 0.2) is 41.3 Å². The van der Waals surface area contributed by atoms with Crippen LogP contribution in [-0.4, -0.2) is 12.8 Å². The smallest absolute Gasteiger partial charge is 0.128 e. The topological polar surface area (TPSA) is 12.0 Å². The molecule has 2 unspecified atom stereocenters. The zero-order valence-corrected chi connectivity index (χ0v) is 13.4. The van der Waals surface area contributed by atoms with Crippen LogP contribution in [0.2, 0.25) is 0 Å². The van der Waals surface area contributed by atoms with E-state index in [0.29, 0.717) is 5.92 Å². The van der Waals surface area contributed by atoms with E-state index in [1.54, 1.807) is 6.07 Å². The molecule has 1 aliphatic heterocycles. The Bertz CT molecular complexity index is 645. The third-order valence-electron chi connectivity index (χ3n) is 4.24. The fraction of sp³-hybridized carbons (Fsp3) is 0.333. The first-order chi connectivity index (χ1) is 10.1. The average molecular weight is 301 g/mol. The number of rotatable bonds is 3. The second kappa shape index (κ2) is 5.82. The lowest BCUT2D eigenvalue weighted by atomic mass is 9.86. The molecule has 0 radical (unpaired) electrons. The molecule has 0 bridgehead atoms. The lowest BCUT2D eigenvalue weighted by molar-refractivity contribution is 0.480. The van der Waals surface area contributed by atoms with Crippen LogP contribution in [0.5, 0.6) is 0 Å². The molecule has 21 heavy (non-hydrogen) atoms. The molecule has 0 saturated heterocycles. The summed E-state index contributed by atoms with van der Waals surface area (Å²) in [6.07, 6.45) is 0. The van der Waals surface area contributed by atoms with Gasteiger partial charge in [-0.25, -0.2) is 4.39 Å². The van der Waals surface area contributed by atoms with Gasteiger partial charge in [-0.3, -0.25) is 0 Å². The largest absolute Gasteiger partial charge is 0.312 e. The molecule has 0 fully saturated rings. The van der Waals surface area contributed by atoms with Gasteiger partial charge in [-0.1, -0.05) is 24.3 Å². The van der Waals surface area contributed by atoms with Crippen LogP contribution in [0.1, 0.15) is 34.2 Å². The van der Waals surface area contributed by atoms with Crippen LogP contribution >= 0.6 is 11.8 Å². The van der Waals surface area contributed by atoms with Crippen molar-refractivity contribution in [3.05, 3.63) is 64.5 Å². The van der Waals surface area contributed by atoms with Crippen LogP contribution in [0.3, 0.4) is 0 Å². The van der Waals surface area contributed by atoms with Crippen LogP contribution in [0.4, 0.5) is 4.39 Å². The van der Waals surface area contributed by atoms with E-state index in [1.165, 1.54) is 10.5 Å². The molecule has 0 aromatic heterocycles. The van der Waals surface area contributed by atoms with Crippen LogP contribution in [0, 0.1) is 19.7 Å². The molecule has 1 aliphatic rings. The molecule has 3 heteroatoms. The first-order valence-electron chi connectivity index (χ1n) is 7.27. The zero-order chi connectivity index (χ0) is 15.0. The van der Waals surface area contributed by atoms with Crippen LogP contribution < -0.4 is 5.32 Å². The summed E-state index contributed by atoms with van der Waals surface area (Å²) in [5.74, 6) is 1.21. The Kier molecular flexibility index (Phi) is 4.05. The minimum Gasteiger partial charge on any atom is -0.312 e. The third kappa shape index (κ3) is 2.60. The fourth-order valence-corrected chi connectivity index (χ4v) is 4.62. The molecule has 0 saturated carbocycles. The van der Waals surface area contributed by atoms with Gasteiger partial charge in [0.2, 0.25) is 0 Å². The van der Waals surface area contributed by atoms with Crippen molar-refractivity contribution in [3.8, 4) is 0 Å². The molecule has 0 spiro atoms. The maximum absolute atomic E-state index is 14.5. The van der Waals surface area contributed by atoms with Crippen molar-refractivity contribution in [2.75, 3.05) is 12.8 Å². The molecule has 2 atom stereocenters. The number of hydrogen-bond acceptors (Lipinski definition) is 2. The Morgan fingerprint density at radius 1 is 1.24 bits per heavy atom. The van der Waals surface area contributed by atoms with E-state index in [1.807, 2.05) is 32.7 Å². The van der Waals surface area contributed by atoms with Crippen LogP contribution in [0.25, 0.3) is 0 Å². The summed E-state index contributed by atoms with van der Waals surface area (Å²) in [5, 5.41) is 3.35. The molecule has 2 aromatic rings. The van der Waals surface area contributed by atoms with Gasteiger partial charge in [-0.2, -0.15) is 0 Å². The first kappa shape index (κ1) is 14.6. The first-order valence-corrected chi connectivity index (χ1v) is 8.26. The fourth-order valence-electron chi connectivity index (χ4n) is 3.33. The number of likely N-dealkylation sites (N-methyl/N-ethyl adjacent to an activating group) is 1. The summed E-state index contributed by atoms with van der Waals surface area (Å²) in [6, 6.07) is 12.2. The van der Waals surface area contributed by atoms with Crippen molar-refractivity contribution < 1.29 is 4.39 Å². The molecule has 1 N–H and O–H groups in total. The van der Waals surface area contributed by atoms with Gasteiger partial charge in [0, 0.05) is 28.2 Å². The molecule has 2 aromatic carbocycles. The Balaban J connectivity index is 2.05. The lowest BCUT2D eigenvalue weighted by Crippen LogP contribution is -2.26. The highest BCUT2D eigenvalue weighted by molar-refractivity contribution is 7.99. The van der Waals surface area contributed by atoms with E-state index in [-0.39, 0.29) is 11.9 Å². The highest BCUT2D eigenvalue weighted by atomic mass is 32.2. The predicted octanol–water partition coefficient (Wildman–Crippen LogP) is 4.59. The predicted molar refractivity (Wildman–Crippen MR) is 87.6 cm³/mol. The van der Waals surface area contributed by atoms with Gasteiger partial charge in [0.25, 0.3) is 0 Å². The van der Waals surface area contributed by atoms with E-state index in [9.17, 15) is 4.39 Å². The van der Waals surface area contributed by atoms with Gasteiger partial charge in [0.05, 0.1) is 0 Å². The Morgan fingerprint density at radius 3 is 2.71 bits per heavy atom. The minimum atomic E-state index is -0.0961. The summed E-state index contributed by atoms with van der Waals surface area (Å²) in [6.45, 7) is 3.94. The summed E-state index contributed by atoms with van der Waals surface area (Å²) in [5.41, 5.74) is 4.15. The van der Waals surface area contributed by atoms with Gasteiger partial charge < -0.3 is 5.32 Å². The maximum atomic E-state index is 14.5. The molecule has 0 aliphatic carbocycles. The van der Waals surface area contributed by atoms with Crippen molar-refractivity contribution >= 4 is 11.8 Å². The van der Waals surface area contributed by atoms with E-state index in [4.69, 9.17) is 0 Å². The number of aryl methyl sites for hydroxylation is 2. The highest BCUT2D eigenvalue weighted by Gasteiger charge is 2.32. The number of fused-ring (bicyclic) bond motifs is 1. The minimum absolute atomic E-state index is 0.0155. The Morgan fingerprint density at radius 2 is 2.00 bits per heavy atom. The molecule has 110 valence electrons. The van der Waals surface area contributed by atoms with E-state index < -0.39 is 0 Å². The molecule has 3 rings (SSSR count). The summed E-state index contributed by atoms with van der Waals surface area (Å²) >= 11 is 1.87. The average Bonchev–Trinajstić information content (AvgIpc) is 2.86. The van der Waals surface area contributed by atoms with Crippen molar-refractivity contribution in [1.29, 1.82) is 0 Å². The van der Waals surface area contributed by atoms with Crippen molar-refractivity contribution in [1.82, 2.24) is 5.32 Å². The van der Waals surface area contributed by atoms with Gasteiger partial charge in [-0.05, 0) is 49.7 Å².